The largest absolute Gasteiger partial charge is 0.379 e. The molecule has 0 bridgehead atoms. The van der Waals surface area contributed by atoms with Crippen LogP contribution in [0.2, 0.25) is 0 Å². The van der Waals surface area contributed by atoms with E-state index in [2.05, 4.69) is 17.9 Å². The number of hydrogen-bond donors (Lipinski definition) is 0. The highest BCUT2D eigenvalue weighted by atomic mass is 16.5. The van der Waals surface area contributed by atoms with E-state index in [1.807, 2.05) is 0 Å². The Labute approximate surface area is 61.2 Å². The Kier molecular flexibility index (Phi) is 2.67. The molecule has 10 heavy (non-hydrogen) atoms. The van der Waals surface area contributed by atoms with Crippen LogP contribution in [0.1, 0.15) is 6.92 Å². The van der Waals surface area contributed by atoms with Crippen LogP contribution in [0.15, 0.2) is 0 Å². The van der Waals surface area contributed by atoms with E-state index in [1.54, 1.807) is 0 Å². The van der Waals surface area contributed by atoms with Gasteiger partial charge in [-0.05, 0) is 6.92 Å². The van der Waals surface area contributed by atoms with Crippen molar-refractivity contribution in [2.75, 3.05) is 26.3 Å². The van der Waals surface area contributed by atoms with Gasteiger partial charge in [0.25, 0.3) is 0 Å². The monoisotopic (exact) mass is 140 g/mol. The van der Waals surface area contributed by atoms with Crippen LogP contribution in [0.3, 0.4) is 0 Å². The highest BCUT2D eigenvalue weighted by Crippen LogP contribution is 2.03. The minimum absolute atomic E-state index is 0.411. The molecule has 0 aromatic carbocycles. The summed E-state index contributed by atoms with van der Waals surface area (Å²) < 4.78 is 5.21. The van der Waals surface area contributed by atoms with Crippen molar-refractivity contribution in [2.45, 2.75) is 13.0 Å². The second kappa shape index (κ2) is 3.55. The summed E-state index contributed by atoms with van der Waals surface area (Å²) in [6.07, 6.45) is 0. The topological polar surface area (TPSA) is 36.3 Å². The fourth-order valence-electron chi connectivity index (χ4n) is 1.09. The lowest BCUT2D eigenvalue weighted by Gasteiger charge is -2.30. The summed E-state index contributed by atoms with van der Waals surface area (Å²) in [5.74, 6) is 0. The number of ether oxygens (including phenoxy) is 1. The fraction of sp³-hybridized carbons (Fsp3) is 0.857. The second-order valence-corrected chi connectivity index (χ2v) is 2.55. The maximum Gasteiger partial charge on any atom is 0.0869 e. The third-order valence-corrected chi connectivity index (χ3v) is 1.78. The summed E-state index contributed by atoms with van der Waals surface area (Å²) in [4.78, 5) is 2.13. The van der Waals surface area contributed by atoms with Gasteiger partial charge in [0.15, 0.2) is 0 Å². The summed E-state index contributed by atoms with van der Waals surface area (Å²) >= 11 is 0. The molecular formula is C7H12N2O. The fourth-order valence-corrected chi connectivity index (χ4v) is 1.09. The molecule has 3 heteroatoms. The Bertz CT molecular complexity index is 141. The van der Waals surface area contributed by atoms with Crippen LogP contribution in [0.25, 0.3) is 0 Å². The number of nitrogens with zero attached hydrogens (tertiary/aromatic N) is 2. The Hall–Kier alpha value is -0.590. The summed E-state index contributed by atoms with van der Waals surface area (Å²) in [6.45, 7) is 5.05. The molecule has 0 N–H and O–H groups in total. The molecule has 1 aliphatic heterocycles. The van der Waals surface area contributed by atoms with Crippen molar-refractivity contribution < 1.29 is 4.74 Å². The highest BCUT2D eigenvalue weighted by Gasteiger charge is 2.17. The van der Waals surface area contributed by atoms with E-state index < -0.39 is 0 Å². The molecule has 56 valence electrons. The molecule has 0 aromatic rings. The van der Waals surface area contributed by atoms with Gasteiger partial charge in [0.2, 0.25) is 0 Å². The summed E-state index contributed by atoms with van der Waals surface area (Å²) in [5, 5.41) is 8.40. The second-order valence-electron chi connectivity index (χ2n) is 2.55. The molecule has 0 radical (unpaired) electrons. The van der Waals surface area contributed by atoms with Gasteiger partial charge in [-0.15, -0.1) is 0 Å². The Morgan fingerprint density at radius 1 is 1.80 bits per heavy atom. The molecule has 1 fully saturated rings. The van der Waals surface area contributed by atoms with Crippen molar-refractivity contribution in [2.24, 2.45) is 0 Å². The van der Waals surface area contributed by atoms with Gasteiger partial charge >= 0.3 is 0 Å². The van der Waals surface area contributed by atoms with Gasteiger partial charge < -0.3 is 4.74 Å². The van der Waals surface area contributed by atoms with E-state index in [9.17, 15) is 0 Å². The zero-order chi connectivity index (χ0) is 7.40. The molecule has 1 heterocycles. The lowest BCUT2D eigenvalue weighted by molar-refractivity contribution is 0.00634. The Morgan fingerprint density at radius 3 is 3.20 bits per heavy atom. The summed E-state index contributed by atoms with van der Waals surface area (Å²) in [7, 11) is 0. The summed E-state index contributed by atoms with van der Waals surface area (Å²) in [5.41, 5.74) is 0. The van der Waals surface area contributed by atoms with E-state index in [1.165, 1.54) is 0 Å². The molecule has 1 aliphatic rings. The van der Waals surface area contributed by atoms with Crippen molar-refractivity contribution in [1.29, 1.82) is 5.26 Å². The first-order valence-corrected chi connectivity index (χ1v) is 3.53. The predicted molar refractivity (Wildman–Crippen MR) is 37.5 cm³/mol. The van der Waals surface area contributed by atoms with Crippen molar-refractivity contribution in [3.05, 3.63) is 0 Å². The standard InChI is InChI=1S/C7H12N2O/c1-7-6-10-5-4-9(7)3-2-8/h7H,3-6H2,1H3. The third-order valence-electron chi connectivity index (χ3n) is 1.78. The van der Waals surface area contributed by atoms with Gasteiger partial charge in [0, 0.05) is 12.6 Å². The zero-order valence-corrected chi connectivity index (χ0v) is 6.21. The van der Waals surface area contributed by atoms with Gasteiger partial charge in [-0.2, -0.15) is 5.26 Å². The minimum Gasteiger partial charge on any atom is -0.379 e. The Morgan fingerprint density at radius 2 is 2.60 bits per heavy atom. The quantitative estimate of drug-likeness (QED) is 0.489. The number of rotatable bonds is 1. The third kappa shape index (κ3) is 1.69. The molecule has 0 aromatic heterocycles. The maximum absolute atomic E-state index is 8.40. The van der Waals surface area contributed by atoms with Crippen LogP contribution in [0, 0.1) is 11.3 Å². The zero-order valence-electron chi connectivity index (χ0n) is 6.21. The van der Waals surface area contributed by atoms with Crippen LogP contribution in [-0.4, -0.2) is 37.2 Å². The average molecular weight is 140 g/mol. The van der Waals surface area contributed by atoms with E-state index in [0.29, 0.717) is 12.6 Å². The van der Waals surface area contributed by atoms with E-state index in [4.69, 9.17) is 10.00 Å². The molecule has 0 spiro atoms. The first-order chi connectivity index (χ1) is 4.84. The predicted octanol–water partition coefficient (Wildman–Crippen LogP) is 0.231. The van der Waals surface area contributed by atoms with E-state index in [0.717, 1.165) is 19.8 Å². The molecule has 1 rings (SSSR count). The van der Waals surface area contributed by atoms with Crippen molar-refractivity contribution in [1.82, 2.24) is 4.90 Å². The maximum atomic E-state index is 8.40. The molecule has 1 atom stereocenters. The van der Waals surface area contributed by atoms with Crippen molar-refractivity contribution in [3.63, 3.8) is 0 Å². The minimum atomic E-state index is 0.411. The Balaban J connectivity index is 2.34. The summed E-state index contributed by atoms with van der Waals surface area (Å²) in [6, 6.07) is 2.55. The van der Waals surface area contributed by atoms with Crippen molar-refractivity contribution >= 4 is 0 Å². The van der Waals surface area contributed by atoms with Crippen LogP contribution in [0.4, 0.5) is 0 Å². The van der Waals surface area contributed by atoms with E-state index >= 15 is 0 Å². The molecule has 0 aliphatic carbocycles. The molecule has 1 unspecified atom stereocenters. The highest BCUT2D eigenvalue weighted by molar-refractivity contribution is 4.81. The SMILES string of the molecule is CC1COCCN1CC#N. The smallest absolute Gasteiger partial charge is 0.0869 e. The molecule has 0 saturated carbocycles. The van der Waals surface area contributed by atoms with Gasteiger partial charge in [0.1, 0.15) is 0 Å². The van der Waals surface area contributed by atoms with Crippen molar-refractivity contribution in [3.8, 4) is 6.07 Å². The van der Waals surface area contributed by atoms with Gasteiger partial charge in [-0.3, -0.25) is 4.90 Å². The van der Waals surface area contributed by atoms with Gasteiger partial charge in [-0.1, -0.05) is 0 Å². The molecular weight excluding hydrogens is 128 g/mol. The lowest BCUT2D eigenvalue weighted by Crippen LogP contribution is -2.43. The van der Waals surface area contributed by atoms with Crippen LogP contribution in [0.5, 0.6) is 0 Å². The number of hydrogen-bond acceptors (Lipinski definition) is 3. The van der Waals surface area contributed by atoms with Crippen LogP contribution in [-0.2, 0) is 4.74 Å². The first kappa shape index (κ1) is 7.52. The normalized spacial score (nSPS) is 27.8. The number of nitriles is 1. The van der Waals surface area contributed by atoms with Crippen LogP contribution < -0.4 is 0 Å². The average Bonchev–Trinajstić information content (AvgIpc) is 1.94. The lowest BCUT2D eigenvalue weighted by atomic mass is 10.2. The number of morpholine rings is 1. The van der Waals surface area contributed by atoms with Gasteiger partial charge in [-0.25, -0.2) is 0 Å². The van der Waals surface area contributed by atoms with Crippen LogP contribution >= 0.6 is 0 Å². The molecule has 3 nitrogen and oxygen atoms in total. The van der Waals surface area contributed by atoms with E-state index in [-0.39, 0.29) is 0 Å². The first-order valence-electron chi connectivity index (χ1n) is 3.53. The molecule has 0 amide bonds. The molecule has 1 saturated heterocycles. The van der Waals surface area contributed by atoms with Gasteiger partial charge in [0.05, 0.1) is 25.8 Å².